The van der Waals surface area contributed by atoms with Crippen molar-refractivity contribution in [1.29, 1.82) is 0 Å². The van der Waals surface area contributed by atoms with Gasteiger partial charge in [0, 0.05) is 0 Å². The van der Waals surface area contributed by atoms with E-state index < -0.39 is 11.8 Å². The van der Waals surface area contributed by atoms with Crippen molar-refractivity contribution < 1.29 is 19.1 Å². The third-order valence-corrected chi connectivity index (χ3v) is 4.93. The fourth-order valence-corrected chi connectivity index (χ4v) is 3.20. The third kappa shape index (κ3) is 8.55. The molecule has 2 rings (SSSR count). The standard InChI is InChI=1S/C22H26BrN3O4S/c1-14-5-10-18(17(23)11-14)30-13-20(28)25-26-21(31)24-19(27)12-29-16-8-6-15(7-9-16)22(2,3)4/h5-11H,12-13H2,1-4H3,(H,25,28)(H2,24,26,27,31). The van der Waals surface area contributed by atoms with Gasteiger partial charge in [-0.1, -0.05) is 39.0 Å². The minimum atomic E-state index is -0.459. The first-order chi connectivity index (χ1) is 14.5. The molecule has 0 fully saturated rings. The van der Waals surface area contributed by atoms with Gasteiger partial charge in [0.2, 0.25) is 0 Å². The van der Waals surface area contributed by atoms with Crippen molar-refractivity contribution in [3.05, 3.63) is 58.1 Å². The number of ether oxygens (including phenoxy) is 2. The van der Waals surface area contributed by atoms with Crippen molar-refractivity contribution in [2.75, 3.05) is 13.2 Å². The molecule has 0 saturated heterocycles. The highest BCUT2D eigenvalue weighted by molar-refractivity contribution is 9.10. The first kappa shape index (κ1) is 24.6. The van der Waals surface area contributed by atoms with E-state index in [1.165, 1.54) is 5.56 Å². The van der Waals surface area contributed by atoms with Gasteiger partial charge in [0.05, 0.1) is 4.47 Å². The second-order valence-electron chi connectivity index (χ2n) is 7.84. The summed E-state index contributed by atoms with van der Waals surface area (Å²) in [6, 6.07) is 13.1. The van der Waals surface area contributed by atoms with Crippen LogP contribution < -0.4 is 25.6 Å². The first-order valence-electron chi connectivity index (χ1n) is 9.55. The van der Waals surface area contributed by atoms with Crippen LogP contribution in [-0.2, 0) is 15.0 Å². The van der Waals surface area contributed by atoms with Crippen molar-refractivity contribution in [2.24, 2.45) is 0 Å². The molecule has 2 aromatic carbocycles. The predicted octanol–water partition coefficient (Wildman–Crippen LogP) is 3.53. The first-order valence-corrected chi connectivity index (χ1v) is 10.8. The van der Waals surface area contributed by atoms with Gasteiger partial charge in [0.1, 0.15) is 11.5 Å². The number of carbonyl (C=O) groups is 2. The van der Waals surface area contributed by atoms with E-state index in [0.717, 1.165) is 10.0 Å². The zero-order chi connectivity index (χ0) is 23.0. The zero-order valence-corrected chi connectivity index (χ0v) is 20.3. The molecule has 0 atom stereocenters. The Morgan fingerprint density at radius 1 is 0.968 bits per heavy atom. The number of hydrogen-bond acceptors (Lipinski definition) is 5. The molecule has 0 spiro atoms. The Hall–Kier alpha value is -2.65. The molecule has 0 aliphatic rings. The molecule has 3 N–H and O–H groups in total. The summed E-state index contributed by atoms with van der Waals surface area (Å²) in [5.41, 5.74) is 7.08. The van der Waals surface area contributed by atoms with E-state index in [-0.39, 0.29) is 23.7 Å². The molecule has 7 nitrogen and oxygen atoms in total. The Kier molecular flexibility index (Phi) is 8.82. The number of aryl methyl sites for hydroxylation is 1. The fourth-order valence-electron chi connectivity index (χ4n) is 2.42. The molecule has 0 saturated carbocycles. The molecule has 0 heterocycles. The number of hydrogen-bond donors (Lipinski definition) is 3. The summed E-state index contributed by atoms with van der Waals surface area (Å²) in [7, 11) is 0. The second kappa shape index (κ2) is 11.1. The molecule has 166 valence electrons. The Morgan fingerprint density at radius 3 is 2.23 bits per heavy atom. The number of rotatable bonds is 6. The second-order valence-corrected chi connectivity index (χ2v) is 9.10. The van der Waals surface area contributed by atoms with Crippen LogP contribution in [0.4, 0.5) is 0 Å². The summed E-state index contributed by atoms with van der Waals surface area (Å²) in [6.45, 7) is 7.88. The van der Waals surface area contributed by atoms with Crippen LogP contribution >= 0.6 is 28.1 Å². The number of benzene rings is 2. The number of thiocarbonyl (C=S) groups is 1. The van der Waals surface area contributed by atoms with Crippen LogP contribution in [0.15, 0.2) is 46.9 Å². The van der Waals surface area contributed by atoms with E-state index in [0.29, 0.717) is 11.5 Å². The average Bonchev–Trinajstić information content (AvgIpc) is 2.69. The SMILES string of the molecule is Cc1ccc(OCC(=O)NNC(=S)NC(=O)COc2ccc(C(C)(C)C)cc2)c(Br)c1. The largest absolute Gasteiger partial charge is 0.484 e. The molecular formula is C22H26BrN3O4S. The van der Waals surface area contributed by atoms with E-state index in [9.17, 15) is 9.59 Å². The van der Waals surface area contributed by atoms with Gasteiger partial charge in [0.25, 0.3) is 11.8 Å². The third-order valence-electron chi connectivity index (χ3n) is 4.10. The number of hydrazine groups is 1. The summed E-state index contributed by atoms with van der Waals surface area (Å²) in [5, 5.41) is 2.37. The topological polar surface area (TPSA) is 88.7 Å². The lowest BCUT2D eigenvalue weighted by atomic mass is 9.87. The van der Waals surface area contributed by atoms with Crippen LogP contribution in [0.3, 0.4) is 0 Å². The molecule has 2 aromatic rings. The van der Waals surface area contributed by atoms with Gasteiger partial charge in [-0.2, -0.15) is 0 Å². The quantitative estimate of drug-likeness (QED) is 0.409. The van der Waals surface area contributed by atoms with Gasteiger partial charge in [-0.25, -0.2) is 0 Å². The molecule has 0 aliphatic heterocycles. The number of nitrogens with one attached hydrogen (secondary N) is 3. The van der Waals surface area contributed by atoms with E-state index in [2.05, 4.69) is 52.9 Å². The predicted molar refractivity (Wildman–Crippen MR) is 127 cm³/mol. The molecule has 0 bridgehead atoms. The Morgan fingerprint density at radius 2 is 1.61 bits per heavy atom. The molecule has 31 heavy (non-hydrogen) atoms. The van der Waals surface area contributed by atoms with E-state index in [4.69, 9.17) is 21.7 Å². The lowest BCUT2D eigenvalue weighted by Gasteiger charge is -2.19. The summed E-state index contributed by atoms with van der Waals surface area (Å²) >= 11 is 8.37. The highest BCUT2D eigenvalue weighted by Gasteiger charge is 2.13. The van der Waals surface area contributed by atoms with Gasteiger partial charge in [-0.3, -0.25) is 25.8 Å². The lowest BCUT2D eigenvalue weighted by Crippen LogP contribution is -2.50. The monoisotopic (exact) mass is 507 g/mol. The van der Waals surface area contributed by atoms with Crippen molar-refractivity contribution >= 4 is 45.1 Å². The average molecular weight is 508 g/mol. The maximum Gasteiger partial charge on any atom is 0.276 e. The lowest BCUT2D eigenvalue weighted by molar-refractivity contribution is -0.124. The number of amides is 2. The Balaban J connectivity index is 1.68. The smallest absolute Gasteiger partial charge is 0.276 e. The summed E-state index contributed by atoms with van der Waals surface area (Å²) in [4.78, 5) is 23.8. The van der Waals surface area contributed by atoms with Gasteiger partial charge >= 0.3 is 0 Å². The molecule has 9 heteroatoms. The summed E-state index contributed by atoms with van der Waals surface area (Å²) < 4.78 is 11.6. The fraction of sp³-hybridized carbons (Fsp3) is 0.318. The van der Waals surface area contributed by atoms with E-state index >= 15 is 0 Å². The van der Waals surface area contributed by atoms with E-state index in [1.54, 1.807) is 6.07 Å². The maximum absolute atomic E-state index is 12.0. The minimum absolute atomic E-state index is 0.0415. The van der Waals surface area contributed by atoms with Gasteiger partial charge in [-0.05, 0) is 75.9 Å². The molecule has 0 radical (unpaired) electrons. The van der Waals surface area contributed by atoms with Crippen LogP contribution in [0, 0.1) is 6.92 Å². The normalized spacial score (nSPS) is 10.7. The molecular weight excluding hydrogens is 482 g/mol. The zero-order valence-electron chi connectivity index (χ0n) is 17.9. The van der Waals surface area contributed by atoms with Gasteiger partial charge < -0.3 is 9.47 Å². The van der Waals surface area contributed by atoms with Crippen LogP contribution in [0.25, 0.3) is 0 Å². The maximum atomic E-state index is 12.0. The van der Waals surface area contributed by atoms with Crippen LogP contribution in [0.5, 0.6) is 11.5 Å². The van der Waals surface area contributed by atoms with Crippen molar-refractivity contribution in [1.82, 2.24) is 16.2 Å². The van der Waals surface area contributed by atoms with Crippen LogP contribution in [-0.4, -0.2) is 30.1 Å². The number of halogens is 1. The highest BCUT2D eigenvalue weighted by atomic mass is 79.9. The van der Waals surface area contributed by atoms with Crippen LogP contribution in [0.2, 0.25) is 0 Å². The Labute approximate surface area is 196 Å². The highest BCUT2D eigenvalue weighted by Crippen LogP contribution is 2.25. The summed E-state index contributed by atoms with van der Waals surface area (Å²) in [6.07, 6.45) is 0. The Bertz CT molecular complexity index is 943. The van der Waals surface area contributed by atoms with Crippen molar-refractivity contribution in [3.63, 3.8) is 0 Å². The van der Waals surface area contributed by atoms with E-state index in [1.807, 2.05) is 43.3 Å². The minimum Gasteiger partial charge on any atom is -0.484 e. The van der Waals surface area contributed by atoms with Crippen molar-refractivity contribution in [3.8, 4) is 11.5 Å². The van der Waals surface area contributed by atoms with Gasteiger partial charge in [-0.15, -0.1) is 0 Å². The van der Waals surface area contributed by atoms with Crippen molar-refractivity contribution in [2.45, 2.75) is 33.1 Å². The molecule has 0 aliphatic carbocycles. The van der Waals surface area contributed by atoms with Gasteiger partial charge in [0.15, 0.2) is 18.3 Å². The molecule has 0 aromatic heterocycles. The molecule has 0 unspecified atom stereocenters. The number of carbonyl (C=O) groups excluding carboxylic acids is 2. The molecule has 2 amide bonds. The van der Waals surface area contributed by atoms with Crippen LogP contribution in [0.1, 0.15) is 31.9 Å². The summed E-state index contributed by atoms with van der Waals surface area (Å²) in [5.74, 6) is 0.213.